The summed E-state index contributed by atoms with van der Waals surface area (Å²) in [6.07, 6.45) is -3.11. The van der Waals surface area contributed by atoms with Crippen LogP contribution in [0, 0.1) is 6.57 Å². The number of alkyl halides is 3. The van der Waals surface area contributed by atoms with Crippen molar-refractivity contribution < 1.29 is 13.2 Å². The summed E-state index contributed by atoms with van der Waals surface area (Å²) in [6, 6.07) is 11.3. The molecule has 0 aliphatic carbocycles. The number of imidazole rings is 1. The number of hydrogen-bond donors (Lipinski definition) is 0. The van der Waals surface area contributed by atoms with Crippen molar-refractivity contribution >= 4 is 16.7 Å². The lowest BCUT2D eigenvalue weighted by Gasteiger charge is -2.10. The Morgan fingerprint density at radius 1 is 1.10 bits per heavy atom. The minimum atomic E-state index is -4.56. The molecule has 0 radical (unpaired) electrons. The molecule has 0 saturated heterocycles. The highest BCUT2D eigenvalue weighted by molar-refractivity contribution is 5.83. The van der Waals surface area contributed by atoms with Crippen LogP contribution >= 0.6 is 0 Å². The second-order valence-corrected chi connectivity index (χ2v) is 4.42. The zero-order valence-electron chi connectivity index (χ0n) is 10.6. The van der Waals surface area contributed by atoms with E-state index < -0.39 is 17.4 Å². The van der Waals surface area contributed by atoms with E-state index in [4.69, 9.17) is 6.57 Å². The van der Waals surface area contributed by atoms with Gasteiger partial charge in [-0.05, 0) is 24.3 Å². The van der Waals surface area contributed by atoms with Crippen LogP contribution in [-0.2, 0) is 6.18 Å². The first-order valence-electron chi connectivity index (χ1n) is 6.02. The van der Waals surface area contributed by atoms with E-state index in [2.05, 4.69) is 9.83 Å². The predicted octanol–water partition coefficient (Wildman–Crippen LogP) is 4.60. The smallest absolute Gasteiger partial charge is 0.300 e. The molecule has 6 heteroatoms. The first kappa shape index (κ1) is 13.2. The molecule has 3 nitrogen and oxygen atoms in total. The fourth-order valence-corrected chi connectivity index (χ4v) is 2.16. The maximum Gasteiger partial charge on any atom is 0.407 e. The molecule has 0 bridgehead atoms. The van der Waals surface area contributed by atoms with Crippen LogP contribution in [0.15, 0.2) is 48.8 Å². The Labute approximate surface area is 118 Å². The summed E-state index contributed by atoms with van der Waals surface area (Å²) < 4.78 is 40.4. The molecular formula is C15H8F3N3. The summed E-state index contributed by atoms with van der Waals surface area (Å²) in [5.74, 6) is 0. The fourth-order valence-electron chi connectivity index (χ4n) is 2.16. The molecule has 0 unspecified atom stereocenters. The number of nitrogens with zero attached hydrogens (tertiary/aromatic N) is 3. The van der Waals surface area contributed by atoms with Crippen LogP contribution in [0.4, 0.5) is 18.9 Å². The quantitative estimate of drug-likeness (QED) is 0.600. The summed E-state index contributed by atoms with van der Waals surface area (Å²) in [5.41, 5.74) is 0.0745. The molecular weight excluding hydrogens is 279 g/mol. The SMILES string of the molecule is [C-]#[N+]c1cc2c(cc1C(F)(F)F)ncn2-c1ccccc1. The monoisotopic (exact) mass is 287 g/mol. The third kappa shape index (κ3) is 2.23. The maximum atomic E-state index is 12.9. The van der Waals surface area contributed by atoms with Gasteiger partial charge in [0.05, 0.1) is 23.2 Å². The summed E-state index contributed by atoms with van der Waals surface area (Å²) in [5, 5.41) is 0. The Balaban J connectivity index is 2.28. The molecule has 3 aromatic rings. The van der Waals surface area contributed by atoms with E-state index in [9.17, 15) is 13.2 Å². The number of benzene rings is 2. The zero-order chi connectivity index (χ0) is 15.0. The van der Waals surface area contributed by atoms with E-state index in [0.717, 1.165) is 11.8 Å². The number of halogens is 3. The lowest BCUT2D eigenvalue weighted by molar-refractivity contribution is -0.136. The lowest BCUT2D eigenvalue weighted by Crippen LogP contribution is -2.05. The first-order valence-corrected chi connectivity index (χ1v) is 6.02. The molecule has 0 fully saturated rings. The van der Waals surface area contributed by atoms with Crippen LogP contribution in [-0.4, -0.2) is 9.55 Å². The molecule has 1 heterocycles. The Bertz CT molecular complexity index is 842. The van der Waals surface area contributed by atoms with Crippen LogP contribution in [0.2, 0.25) is 0 Å². The van der Waals surface area contributed by atoms with Gasteiger partial charge in [0, 0.05) is 5.69 Å². The predicted molar refractivity (Wildman–Crippen MR) is 72.3 cm³/mol. The van der Waals surface area contributed by atoms with Gasteiger partial charge >= 0.3 is 6.18 Å². The number of aromatic nitrogens is 2. The second kappa shape index (κ2) is 4.63. The van der Waals surface area contributed by atoms with E-state index in [1.54, 1.807) is 4.57 Å². The minimum Gasteiger partial charge on any atom is -0.300 e. The Morgan fingerprint density at radius 2 is 1.81 bits per heavy atom. The van der Waals surface area contributed by atoms with E-state index in [-0.39, 0.29) is 5.52 Å². The molecule has 3 rings (SSSR count). The molecule has 0 spiro atoms. The van der Waals surface area contributed by atoms with Gasteiger partial charge in [0.2, 0.25) is 5.69 Å². The summed E-state index contributed by atoms with van der Waals surface area (Å²) >= 11 is 0. The summed E-state index contributed by atoms with van der Waals surface area (Å²) in [4.78, 5) is 7.00. The highest BCUT2D eigenvalue weighted by Crippen LogP contribution is 2.39. The van der Waals surface area contributed by atoms with E-state index in [0.29, 0.717) is 5.52 Å². The Morgan fingerprint density at radius 3 is 2.43 bits per heavy atom. The molecule has 104 valence electrons. The van der Waals surface area contributed by atoms with Gasteiger partial charge in [0.1, 0.15) is 6.33 Å². The molecule has 0 atom stereocenters. The van der Waals surface area contributed by atoms with Crippen LogP contribution < -0.4 is 0 Å². The second-order valence-electron chi connectivity index (χ2n) is 4.42. The molecule has 0 saturated carbocycles. The molecule has 0 aliphatic heterocycles. The highest BCUT2D eigenvalue weighted by atomic mass is 19.4. The van der Waals surface area contributed by atoms with Gasteiger partial charge in [-0.25, -0.2) is 9.83 Å². The molecule has 0 amide bonds. The highest BCUT2D eigenvalue weighted by Gasteiger charge is 2.34. The van der Waals surface area contributed by atoms with Crippen molar-refractivity contribution in [2.24, 2.45) is 0 Å². The van der Waals surface area contributed by atoms with Crippen LogP contribution in [0.5, 0.6) is 0 Å². The van der Waals surface area contributed by atoms with Crippen LogP contribution in [0.3, 0.4) is 0 Å². The van der Waals surface area contributed by atoms with Crippen molar-refractivity contribution in [2.75, 3.05) is 0 Å². The summed E-state index contributed by atoms with van der Waals surface area (Å²) in [6.45, 7) is 6.96. The standard InChI is InChI=1S/C15H8F3N3/c1-19-12-8-14-13(7-11(12)15(16,17)18)20-9-21(14)10-5-3-2-4-6-10/h2-9H. The third-order valence-corrected chi connectivity index (χ3v) is 3.12. The first-order chi connectivity index (χ1) is 10.0. The van der Waals surface area contributed by atoms with Gasteiger partial charge in [0.15, 0.2) is 0 Å². The fraction of sp³-hybridized carbons (Fsp3) is 0.0667. The average Bonchev–Trinajstić information content (AvgIpc) is 2.88. The van der Waals surface area contributed by atoms with Gasteiger partial charge in [-0.1, -0.05) is 18.2 Å². The van der Waals surface area contributed by atoms with Crippen molar-refractivity contribution in [1.29, 1.82) is 0 Å². The Kier molecular flexibility index (Phi) is 2.91. The number of rotatable bonds is 1. The molecule has 0 N–H and O–H groups in total. The topological polar surface area (TPSA) is 22.2 Å². The van der Waals surface area contributed by atoms with Crippen molar-refractivity contribution in [2.45, 2.75) is 6.18 Å². The summed E-state index contributed by atoms with van der Waals surface area (Å²) in [7, 11) is 0. The van der Waals surface area contributed by atoms with Gasteiger partial charge in [-0.2, -0.15) is 13.2 Å². The number of hydrogen-bond acceptors (Lipinski definition) is 1. The van der Waals surface area contributed by atoms with Crippen LogP contribution in [0.25, 0.3) is 21.6 Å². The molecule has 1 aromatic heterocycles. The van der Waals surface area contributed by atoms with Crippen LogP contribution in [0.1, 0.15) is 5.56 Å². The largest absolute Gasteiger partial charge is 0.407 e. The van der Waals surface area contributed by atoms with Gasteiger partial charge in [0.25, 0.3) is 0 Å². The minimum absolute atomic E-state index is 0.207. The van der Waals surface area contributed by atoms with E-state index >= 15 is 0 Å². The van der Waals surface area contributed by atoms with Crippen molar-refractivity contribution in [3.63, 3.8) is 0 Å². The van der Waals surface area contributed by atoms with Crippen molar-refractivity contribution in [3.05, 3.63) is 65.8 Å². The maximum absolute atomic E-state index is 12.9. The van der Waals surface area contributed by atoms with E-state index in [1.165, 1.54) is 12.4 Å². The Hall–Kier alpha value is -2.81. The van der Waals surface area contributed by atoms with E-state index in [1.807, 2.05) is 30.3 Å². The van der Waals surface area contributed by atoms with Crippen molar-refractivity contribution in [3.8, 4) is 5.69 Å². The van der Waals surface area contributed by atoms with Gasteiger partial charge in [-0.15, -0.1) is 0 Å². The number of para-hydroxylation sites is 1. The lowest BCUT2D eigenvalue weighted by atomic mass is 10.1. The van der Waals surface area contributed by atoms with Crippen molar-refractivity contribution in [1.82, 2.24) is 9.55 Å². The van der Waals surface area contributed by atoms with Gasteiger partial charge in [-0.3, -0.25) is 0 Å². The molecule has 0 aliphatic rings. The average molecular weight is 287 g/mol. The number of fused-ring (bicyclic) bond motifs is 1. The van der Waals surface area contributed by atoms with Gasteiger partial charge < -0.3 is 4.57 Å². The molecule has 2 aromatic carbocycles. The zero-order valence-corrected chi connectivity index (χ0v) is 10.6. The normalized spacial score (nSPS) is 11.5. The third-order valence-electron chi connectivity index (χ3n) is 3.12. The molecule has 21 heavy (non-hydrogen) atoms.